The molecule has 9 N–H and O–H groups in total. The van der Waals surface area contributed by atoms with E-state index in [2.05, 4.69) is 10.6 Å². The number of rotatable bonds is 25. The number of aliphatic hydroxyl groups is 2. The molecule has 6 rings (SSSR count). The van der Waals surface area contributed by atoms with Crippen molar-refractivity contribution in [2.24, 2.45) is 11.5 Å². The highest BCUT2D eigenvalue weighted by molar-refractivity contribution is 5.89. The van der Waals surface area contributed by atoms with Crippen LogP contribution in [-0.2, 0) is 148 Å². The summed E-state index contributed by atoms with van der Waals surface area (Å²) in [5.74, 6) is -15.1. The van der Waals surface area contributed by atoms with Crippen LogP contribution in [0.2, 0.25) is 0 Å². The first kappa shape index (κ1) is 79.1. The van der Waals surface area contributed by atoms with Crippen molar-refractivity contribution in [2.75, 3.05) is 13.2 Å². The summed E-state index contributed by atoms with van der Waals surface area (Å²) in [5.41, 5.74) is 8.01. The summed E-state index contributed by atoms with van der Waals surface area (Å²) in [7, 11) is 0. The summed E-state index contributed by atoms with van der Waals surface area (Å²) in [6.45, 7) is 9.38. The first-order valence-corrected chi connectivity index (χ1v) is 30.2. The van der Waals surface area contributed by atoms with Gasteiger partial charge in [-0.05, 0) is 26.0 Å². The number of aliphatic carboxylic acids is 1. The first-order valence-electron chi connectivity index (χ1n) is 30.2. The predicted octanol–water partition coefficient (Wildman–Crippen LogP) is -4.10. The Kier molecular flexibility index (Phi) is 27.4. The molecule has 25 atom stereocenters. The van der Waals surface area contributed by atoms with E-state index in [4.69, 9.17) is 101 Å². The smallest absolute Gasteiger partial charge is 0.404 e. The van der Waals surface area contributed by atoms with Crippen molar-refractivity contribution in [3.63, 3.8) is 0 Å². The molecule has 5 aliphatic rings. The van der Waals surface area contributed by atoms with E-state index in [-0.39, 0.29) is 5.56 Å². The van der Waals surface area contributed by atoms with Crippen molar-refractivity contribution in [3.05, 3.63) is 35.9 Å². The molecule has 0 radical (unpaired) electrons. The zero-order chi connectivity index (χ0) is 73.8. The molecule has 4 amide bonds. The van der Waals surface area contributed by atoms with Gasteiger partial charge in [0.1, 0.15) is 48.7 Å². The van der Waals surface area contributed by atoms with Crippen molar-refractivity contribution in [1.82, 2.24) is 10.6 Å². The molecular formula is C59H78N4O36. The third-order valence-electron chi connectivity index (χ3n) is 15.1. The molecule has 1 aromatic rings. The molecule has 11 unspecified atom stereocenters. The summed E-state index contributed by atoms with van der Waals surface area (Å²) in [5, 5.41) is 38.8. The Hall–Kier alpha value is -8.84. The second kappa shape index (κ2) is 34.3. The average Bonchev–Trinajstić information content (AvgIpc) is 0.764. The molecule has 550 valence electrons. The second-order valence-corrected chi connectivity index (χ2v) is 23.1. The van der Waals surface area contributed by atoms with Crippen molar-refractivity contribution in [2.45, 2.75) is 236 Å². The van der Waals surface area contributed by atoms with Gasteiger partial charge in [0.25, 0.3) is 0 Å². The highest BCUT2D eigenvalue weighted by Gasteiger charge is 2.63. The molecule has 40 nitrogen and oxygen atoms in total. The third-order valence-corrected chi connectivity index (χ3v) is 15.1. The number of nitrogens with two attached hydrogens (primary N) is 2. The highest BCUT2D eigenvalue weighted by atomic mass is 16.8. The Morgan fingerprint density at radius 2 is 0.909 bits per heavy atom. The minimum atomic E-state index is -2.75. The largest absolute Gasteiger partial charge is 0.479 e. The summed E-state index contributed by atoms with van der Waals surface area (Å²) < 4.78 is 112. The fourth-order valence-corrected chi connectivity index (χ4v) is 11.5. The number of carboxylic acids is 1. The molecule has 0 saturated carbocycles. The van der Waals surface area contributed by atoms with Crippen LogP contribution in [0.4, 0.5) is 4.79 Å². The van der Waals surface area contributed by atoms with Gasteiger partial charge in [0.15, 0.2) is 105 Å². The first-order chi connectivity index (χ1) is 46.3. The van der Waals surface area contributed by atoms with Gasteiger partial charge >= 0.3 is 65.8 Å². The fraction of sp³-hybridized carbons (Fsp3) is 0.661. The van der Waals surface area contributed by atoms with E-state index in [1.807, 2.05) is 0 Å². The van der Waals surface area contributed by atoms with Crippen molar-refractivity contribution in [3.8, 4) is 0 Å². The quantitative estimate of drug-likeness (QED) is 0.0361. The highest BCUT2D eigenvalue weighted by Crippen LogP contribution is 2.40. The number of carbonyl (C=O) groups excluding carboxylic acids is 13. The van der Waals surface area contributed by atoms with Crippen LogP contribution in [0.15, 0.2) is 30.3 Å². The van der Waals surface area contributed by atoms with Crippen LogP contribution in [0.1, 0.15) is 93.4 Å². The van der Waals surface area contributed by atoms with Crippen molar-refractivity contribution in [1.29, 1.82) is 0 Å². The molecule has 1 aromatic carbocycles. The molecular weight excluding hydrogens is 1340 g/mol. The number of ether oxygens (including phenoxy) is 19. The van der Waals surface area contributed by atoms with Crippen LogP contribution in [0.5, 0.6) is 0 Å². The Balaban J connectivity index is 1.55. The van der Waals surface area contributed by atoms with E-state index in [0.717, 1.165) is 76.2 Å². The molecule has 0 aliphatic carbocycles. The van der Waals surface area contributed by atoms with E-state index in [0.29, 0.717) is 0 Å². The van der Waals surface area contributed by atoms with Gasteiger partial charge in [0, 0.05) is 69.2 Å². The number of benzene rings is 1. The minimum absolute atomic E-state index is 0.132. The average molecular weight is 1420 g/mol. The van der Waals surface area contributed by atoms with Crippen molar-refractivity contribution < 1.29 is 172 Å². The minimum Gasteiger partial charge on any atom is -0.479 e. The summed E-state index contributed by atoms with van der Waals surface area (Å²) >= 11 is 0. The molecule has 5 aliphatic heterocycles. The van der Waals surface area contributed by atoms with Crippen LogP contribution < -0.4 is 22.1 Å². The number of amides is 4. The van der Waals surface area contributed by atoms with Crippen LogP contribution >= 0.6 is 0 Å². The normalized spacial score (nSPS) is 34.9. The zero-order valence-corrected chi connectivity index (χ0v) is 55.1. The molecule has 0 spiro atoms. The standard InChI is InChI=1S/C59H78N4O36/c1-20-36(94-57-46(93-52(77)31-16-14-13-15-17-31)43(89-29(10)72)42(88-28(9)71)44(96-57)51(75)76)39(85-25(6)68)34(62-21(2)64)54(83-20)95-37-33(19-82-56-45(90-30(11)73)41(87-27(8)70)38(84-24(5)67)32(92-56)18-81-23(4)66)91-55(35(63-22(3)65)40(37)86-26(7)69)97-47-48(99-58(61)79)59(12,80)49(50(60)74)98-53(47)78/h13-17,20,32-49,53-57,78,80H,18-19H2,1-12H3,(H2,60,74)(H2,61,79)(H,62,64)(H,63,65)(H,75,76)/t20?,32?,33?,34-,35-,36?,37+,38?,39-,40?,41+,42+,43?,44?,45-,46-,47?,48+,49?,53?,54-,55-,56+,57+,59-/m0/s1. The number of esters is 9. The lowest BCUT2D eigenvalue weighted by Gasteiger charge is -2.52. The molecule has 5 fully saturated rings. The number of aliphatic hydroxyl groups excluding tert-OH is 1. The van der Waals surface area contributed by atoms with E-state index in [1.54, 1.807) is 6.07 Å². The number of hydrogen-bond acceptors (Lipinski definition) is 35. The molecule has 5 heterocycles. The van der Waals surface area contributed by atoms with E-state index >= 15 is 0 Å². The maximum atomic E-state index is 13.9. The monoisotopic (exact) mass is 1420 g/mol. The lowest BCUT2D eigenvalue weighted by molar-refractivity contribution is -0.376. The molecule has 40 heteroatoms. The maximum Gasteiger partial charge on any atom is 0.404 e. The zero-order valence-electron chi connectivity index (χ0n) is 55.1. The predicted molar refractivity (Wildman–Crippen MR) is 310 cm³/mol. The van der Waals surface area contributed by atoms with Gasteiger partial charge in [-0.15, -0.1) is 0 Å². The van der Waals surface area contributed by atoms with Gasteiger partial charge in [-0.3, -0.25) is 52.7 Å². The van der Waals surface area contributed by atoms with Gasteiger partial charge in [-0.2, -0.15) is 0 Å². The number of hydrogen-bond donors (Lipinski definition) is 7. The molecule has 0 bridgehead atoms. The Morgan fingerprint density at radius 1 is 0.475 bits per heavy atom. The Morgan fingerprint density at radius 3 is 1.40 bits per heavy atom. The molecule has 0 aromatic heterocycles. The van der Waals surface area contributed by atoms with Gasteiger partial charge in [0.2, 0.25) is 17.7 Å². The van der Waals surface area contributed by atoms with Gasteiger partial charge in [0.05, 0.1) is 18.3 Å². The SMILES string of the molecule is CC(=O)N[C@@H]1[C@H](O[C@@H]2C(CO[C@@H]3OC(COC(C)=O)C(OC(C)=O)[C@@H](OC(C)=O)[C@@H]3OC(C)=O)O[C@@H](OC3C(O)OC(C(N)=O)[C@@](C)(O)[C@@H]3OC(N)=O)[C@@H](NC(C)=O)C2OC(C)=O)OC(C)C(O[C@@H]2OC(C(=O)O)[C@H](OC(C)=O)C(OC(C)=O)[C@@H]2OC(=O)c2ccccc2)[C@H]1OC(C)=O. The van der Waals surface area contributed by atoms with E-state index < -0.39 is 250 Å². The van der Waals surface area contributed by atoms with Gasteiger partial charge in [-0.1, -0.05) is 18.2 Å². The number of carbonyl (C=O) groups is 14. The lowest BCUT2D eigenvalue weighted by atomic mass is 9.85. The Labute approximate surface area is 561 Å². The van der Waals surface area contributed by atoms with E-state index in [1.165, 1.54) is 31.2 Å². The summed E-state index contributed by atoms with van der Waals surface area (Å²) in [4.78, 5) is 182. The fourth-order valence-electron chi connectivity index (χ4n) is 11.5. The van der Waals surface area contributed by atoms with Crippen LogP contribution in [-0.4, -0.2) is 265 Å². The lowest BCUT2D eigenvalue weighted by Crippen LogP contribution is -2.73. The molecule has 5 saturated heterocycles. The maximum absolute atomic E-state index is 13.9. The number of nitrogens with one attached hydrogen (secondary N) is 2. The number of carboxylic acid groups (broad SMARTS) is 1. The third kappa shape index (κ3) is 20.6. The van der Waals surface area contributed by atoms with Gasteiger partial charge < -0.3 is 127 Å². The van der Waals surface area contributed by atoms with Gasteiger partial charge in [-0.25, -0.2) is 14.4 Å². The topological polar surface area (TPSA) is 551 Å². The Bertz CT molecular complexity index is 3150. The van der Waals surface area contributed by atoms with E-state index in [9.17, 15) is 82.4 Å². The van der Waals surface area contributed by atoms with Crippen molar-refractivity contribution >= 4 is 83.5 Å². The summed E-state index contributed by atoms with van der Waals surface area (Å²) in [6.07, 6.45) is -47.2. The number of primary amides is 2. The van der Waals surface area contributed by atoms with Crippen LogP contribution in [0.3, 0.4) is 0 Å². The molecule has 99 heavy (non-hydrogen) atoms. The van der Waals surface area contributed by atoms with Crippen LogP contribution in [0, 0.1) is 0 Å². The van der Waals surface area contributed by atoms with Crippen LogP contribution in [0.25, 0.3) is 0 Å². The second-order valence-electron chi connectivity index (χ2n) is 23.1. The summed E-state index contributed by atoms with van der Waals surface area (Å²) in [6, 6.07) is 3.08.